The van der Waals surface area contributed by atoms with Crippen LogP contribution in [0.4, 0.5) is 0 Å². The molecule has 438 valence electrons. The van der Waals surface area contributed by atoms with Crippen LogP contribution in [0.1, 0.15) is 108 Å². The minimum atomic E-state index is -1.34. The Kier molecular flexibility index (Phi) is 22.9. The summed E-state index contributed by atoms with van der Waals surface area (Å²) in [5.41, 5.74) is 20.1. The van der Waals surface area contributed by atoms with E-state index in [2.05, 4.69) is 62.1 Å². The molecule has 0 radical (unpaired) electrons. The monoisotopic (exact) mass is 1140 g/mol. The van der Waals surface area contributed by atoms with Gasteiger partial charge in [0.05, 0.1) is 11.7 Å². The molecular weight excluding hydrogens is 1050 g/mol. The molecule has 7 rings (SSSR count). The van der Waals surface area contributed by atoms with E-state index in [1.807, 2.05) is 31.2 Å². The van der Waals surface area contributed by atoms with E-state index in [0.717, 1.165) is 49.6 Å². The van der Waals surface area contributed by atoms with E-state index in [1.54, 1.807) is 48.3 Å². The van der Waals surface area contributed by atoms with Crippen molar-refractivity contribution in [1.29, 1.82) is 0 Å². The number of nitrogens with zero attached hydrogens (tertiary/aromatic N) is 3. The van der Waals surface area contributed by atoms with Crippen molar-refractivity contribution in [2.75, 3.05) is 25.4 Å². The zero-order chi connectivity index (χ0) is 57.8. The third-order valence-electron chi connectivity index (χ3n) is 15.5. The summed E-state index contributed by atoms with van der Waals surface area (Å²) in [5, 5.41) is 20.8. The molecule has 0 spiro atoms. The van der Waals surface area contributed by atoms with E-state index in [4.69, 9.17) is 17.2 Å². The van der Waals surface area contributed by atoms with Gasteiger partial charge in [-0.3, -0.25) is 48.2 Å². The second-order valence-electron chi connectivity index (χ2n) is 21.6. The molecule has 4 heterocycles. The second-order valence-corrected chi connectivity index (χ2v) is 22.7. The molecule has 1 aliphatic carbocycles. The normalized spacial score (nSPS) is 25.3. The molecule has 15 N–H and O–H groups in total. The summed E-state index contributed by atoms with van der Waals surface area (Å²) in [5.74, 6) is -4.55. The van der Waals surface area contributed by atoms with Gasteiger partial charge in [0, 0.05) is 74.0 Å². The number of amides is 8. The fourth-order valence-electron chi connectivity index (χ4n) is 11.2. The van der Waals surface area contributed by atoms with Crippen LogP contribution >= 0.6 is 11.8 Å². The lowest BCUT2D eigenvalue weighted by Gasteiger charge is -2.32. The van der Waals surface area contributed by atoms with Crippen LogP contribution in [-0.2, 0) is 57.6 Å². The number of benzene rings is 2. The summed E-state index contributed by atoms with van der Waals surface area (Å²) in [6.07, 6.45) is 12.0. The number of nitrogens with one attached hydrogen (secondary N) is 9. The Hall–Kier alpha value is -7.47. The van der Waals surface area contributed by atoms with Crippen molar-refractivity contribution in [3.05, 3.63) is 90.1 Å². The van der Waals surface area contributed by atoms with E-state index < -0.39 is 89.6 Å². The van der Waals surface area contributed by atoms with Gasteiger partial charge >= 0.3 is 0 Å². The standard InChI is InChI=1S/C57H81N15O8S/c1-3-4-20-42(65-34(2)73)50(75)66-43-22-12-13-25-72-31-36-17-8-9-19-40(36)56(72)81-32-48(49(58)74)71-54(79)46(27-37-29-63-41-21-11-10-18-39(37)41)69-52(77)44(23-14-24-62-57(59)60)67-53(78)45(26-35-15-6-5-7-16-35)68-55(80)47(70-51(43)76)28-38-30-61-33-64-38/h5-7,10-11,15-16,18,21,29-30,33,36,40,42-48,56,63H,3-4,8-9,12-14,17,19-20,22-28,31-32H2,1-2H3,(H2,58,74)(H,61,64)(H,65,73)(H,66,75)(H,67,78)(H,68,80)(H,69,77)(H,70,76)(H,71,79)(H4,59,60,62)/t36-,40?,42+,43+,44+,45-,46+,47+,48+,56-/m1/s1. The molecule has 8 amide bonds. The highest BCUT2D eigenvalue weighted by molar-refractivity contribution is 7.99. The van der Waals surface area contributed by atoms with Gasteiger partial charge in [0.2, 0.25) is 47.3 Å². The Morgan fingerprint density at radius 2 is 1.43 bits per heavy atom. The number of thioether (sulfide) groups is 1. The van der Waals surface area contributed by atoms with Crippen molar-refractivity contribution in [3.8, 4) is 0 Å². The van der Waals surface area contributed by atoms with Crippen molar-refractivity contribution >= 4 is 75.9 Å². The second kappa shape index (κ2) is 30.4. The zero-order valence-electron chi connectivity index (χ0n) is 46.4. The lowest BCUT2D eigenvalue weighted by Crippen LogP contribution is -2.61. The highest BCUT2D eigenvalue weighted by atomic mass is 32.2. The molecule has 0 bridgehead atoms. The Morgan fingerprint density at radius 1 is 0.765 bits per heavy atom. The molecule has 4 aromatic rings. The predicted molar refractivity (Wildman–Crippen MR) is 309 cm³/mol. The molecule has 24 heteroatoms. The van der Waals surface area contributed by atoms with Crippen molar-refractivity contribution < 1.29 is 38.4 Å². The molecule has 2 saturated heterocycles. The molecule has 3 aliphatic rings. The number of carbonyl (C=O) groups excluding carboxylic acids is 8. The summed E-state index contributed by atoms with van der Waals surface area (Å²) in [7, 11) is 0. The Bertz CT molecular complexity index is 2790. The van der Waals surface area contributed by atoms with Gasteiger partial charge in [0.15, 0.2) is 5.96 Å². The number of hydrogen-bond donors (Lipinski definition) is 12. The van der Waals surface area contributed by atoms with Gasteiger partial charge in [-0.25, -0.2) is 4.98 Å². The number of unbranched alkanes of at least 4 members (excludes halogenated alkanes) is 1. The SMILES string of the molecule is CCCC[C@H](NC(C)=O)C(=O)N[C@H]1CCCCN2C[C@H]3CCCCC3[C@H]2SC[C@@H](C(N)=O)NC(=O)[C@H](Cc2c[nH]c3ccccc23)NC(=O)[C@H](CCCN=C(N)N)NC(=O)[C@@H](Cc2ccccc2)NC(=O)[C@H](Cc2cnc[nH]2)NC1=O. The van der Waals surface area contributed by atoms with E-state index in [1.165, 1.54) is 19.4 Å². The van der Waals surface area contributed by atoms with Gasteiger partial charge in [0.25, 0.3) is 0 Å². The van der Waals surface area contributed by atoms with Gasteiger partial charge < -0.3 is 64.4 Å². The largest absolute Gasteiger partial charge is 0.370 e. The van der Waals surface area contributed by atoms with Crippen LogP contribution in [0.2, 0.25) is 0 Å². The van der Waals surface area contributed by atoms with Gasteiger partial charge in [-0.2, -0.15) is 0 Å². The number of primary amides is 1. The van der Waals surface area contributed by atoms with E-state index in [0.29, 0.717) is 60.9 Å². The number of aromatic amines is 2. The maximum Gasteiger partial charge on any atom is 0.243 e. The summed E-state index contributed by atoms with van der Waals surface area (Å²) >= 11 is 1.57. The van der Waals surface area contributed by atoms with Crippen LogP contribution < -0.4 is 54.4 Å². The van der Waals surface area contributed by atoms with Gasteiger partial charge in [0.1, 0.15) is 42.3 Å². The first-order chi connectivity index (χ1) is 39.1. The fraction of sp³-hybridized carbons (Fsp3) is 0.544. The van der Waals surface area contributed by atoms with Gasteiger partial charge in [-0.15, -0.1) is 11.8 Å². The first kappa shape index (κ1) is 61.2. The number of carbonyl (C=O) groups is 8. The van der Waals surface area contributed by atoms with Crippen LogP contribution in [-0.4, -0.2) is 146 Å². The first-order valence-electron chi connectivity index (χ1n) is 28.4. The maximum absolute atomic E-state index is 14.9. The number of rotatable bonds is 17. The number of para-hydroxylation sites is 1. The van der Waals surface area contributed by atoms with E-state index >= 15 is 0 Å². The summed E-state index contributed by atoms with van der Waals surface area (Å²) < 4.78 is 0. The molecule has 2 aromatic carbocycles. The Labute approximate surface area is 476 Å². The minimum absolute atomic E-state index is 0.00948. The molecule has 1 saturated carbocycles. The first-order valence-corrected chi connectivity index (χ1v) is 29.5. The molecule has 2 aromatic heterocycles. The number of hydrogen-bond acceptors (Lipinski definition) is 12. The van der Waals surface area contributed by atoms with Crippen molar-refractivity contribution in [2.45, 2.75) is 158 Å². The lowest BCUT2D eigenvalue weighted by molar-refractivity contribution is -0.135. The summed E-state index contributed by atoms with van der Waals surface area (Å²) in [6.45, 7) is 4.84. The molecule has 3 fully saturated rings. The highest BCUT2D eigenvalue weighted by Crippen LogP contribution is 2.45. The average molecular weight is 1140 g/mol. The van der Waals surface area contributed by atoms with E-state index in [9.17, 15) is 38.4 Å². The van der Waals surface area contributed by atoms with Crippen LogP contribution in [0.15, 0.2) is 78.3 Å². The van der Waals surface area contributed by atoms with E-state index in [-0.39, 0.29) is 62.2 Å². The fourth-order valence-corrected chi connectivity index (χ4v) is 12.9. The summed E-state index contributed by atoms with van der Waals surface area (Å²) in [6, 6.07) is 7.97. The number of guanidine groups is 1. The molecule has 23 nitrogen and oxygen atoms in total. The topological polar surface area (TPSA) is 359 Å². The molecule has 2 aliphatic heterocycles. The summed E-state index contributed by atoms with van der Waals surface area (Å²) in [4.78, 5) is 131. The van der Waals surface area contributed by atoms with Crippen LogP contribution in [0.25, 0.3) is 10.9 Å². The Morgan fingerprint density at radius 3 is 2.15 bits per heavy atom. The minimum Gasteiger partial charge on any atom is -0.370 e. The molecule has 81 heavy (non-hydrogen) atoms. The maximum atomic E-state index is 14.9. The molecule has 1 unspecified atom stereocenters. The van der Waals surface area contributed by atoms with Crippen molar-refractivity contribution in [1.82, 2.24) is 57.1 Å². The third-order valence-corrected chi connectivity index (χ3v) is 17.0. The smallest absolute Gasteiger partial charge is 0.243 e. The highest BCUT2D eigenvalue weighted by Gasteiger charge is 2.43. The van der Waals surface area contributed by atoms with Crippen LogP contribution in [0, 0.1) is 11.8 Å². The zero-order valence-corrected chi connectivity index (χ0v) is 47.2. The van der Waals surface area contributed by atoms with Gasteiger partial charge in [-0.1, -0.05) is 81.1 Å². The van der Waals surface area contributed by atoms with Gasteiger partial charge in [-0.05, 0) is 86.9 Å². The lowest BCUT2D eigenvalue weighted by atomic mass is 9.82. The molecular formula is C57H81N15O8S. The molecule has 10 atom stereocenters. The number of H-pyrrole nitrogens is 2. The number of imidazole rings is 1. The Balaban J connectivity index is 1.26. The third kappa shape index (κ3) is 18.0. The average Bonchev–Trinajstić information content (AvgIpc) is 4.31. The number of fused-ring (bicyclic) bond motifs is 4. The number of aliphatic imine (C=N–C) groups is 1. The predicted octanol–water partition coefficient (Wildman–Crippen LogP) is 1.43. The van der Waals surface area contributed by atoms with Crippen molar-refractivity contribution in [2.24, 2.45) is 34.0 Å². The van der Waals surface area contributed by atoms with Crippen LogP contribution in [0.3, 0.4) is 0 Å². The van der Waals surface area contributed by atoms with Crippen molar-refractivity contribution in [3.63, 3.8) is 0 Å². The quantitative estimate of drug-likeness (QED) is 0.0405. The number of nitrogens with two attached hydrogens (primary N) is 3. The number of aromatic nitrogens is 3. The van der Waals surface area contributed by atoms with Crippen LogP contribution in [0.5, 0.6) is 0 Å².